The lowest BCUT2D eigenvalue weighted by Gasteiger charge is -2.42. The van der Waals surface area contributed by atoms with E-state index < -0.39 is 0 Å². The van der Waals surface area contributed by atoms with Gasteiger partial charge < -0.3 is 9.80 Å². The molecule has 1 atom stereocenters. The number of allylic oxidation sites excluding steroid dienone is 5. The second kappa shape index (κ2) is 13.0. The van der Waals surface area contributed by atoms with Crippen LogP contribution in [0.3, 0.4) is 0 Å². The summed E-state index contributed by atoms with van der Waals surface area (Å²) in [5, 5.41) is 0. The van der Waals surface area contributed by atoms with E-state index in [1.807, 2.05) is 0 Å². The SMILES string of the molecule is CC1(C)c2ccccc2N(c2ccccc2)c2ccc(-c3ccc(C4C=CC(/C=C/N(c5ccccc5)c5ccccc5)=CC4)cc3)cc21. The van der Waals surface area contributed by atoms with E-state index in [1.54, 1.807) is 0 Å². The van der Waals surface area contributed by atoms with Crippen molar-refractivity contribution in [3.63, 3.8) is 0 Å². The average molecular weight is 633 g/mol. The van der Waals surface area contributed by atoms with Gasteiger partial charge in [-0.3, -0.25) is 0 Å². The Morgan fingerprint density at radius 3 is 1.86 bits per heavy atom. The Balaban J connectivity index is 1.02. The molecule has 49 heavy (non-hydrogen) atoms. The maximum Gasteiger partial charge on any atom is 0.0503 e. The molecule has 6 aromatic rings. The lowest BCUT2D eigenvalue weighted by molar-refractivity contribution is 0.632. The van der Waals surface area contributed by atoms with E-state index in [2.05, 4.69) is 212 Å². The number of hydrogen-bond acceptors (Lipinski definition) is 2. The summed E-state index contributed by atoms with van der Waals surface area (Å²) in [5.74, 6) is 0.365. The molecule has 2 heteroatoms. The van der Waals surface area contributed by atoms with Crippen molar-refractivity contribution in [2.75, 3.05) is 9.80 Å². The average Bonchev–Trinajstić information content (AvgIpc) is 3.17. The lowest BCUT2D eigenvalue weighted by Crippen LogP contribution is -2.30. The number of nitrogens with zero attached hydrogens (tertiary/aromatic N) is 2. The molecule has 0 fully saturated rings. The summed E-state index contributed by atoms with van der Waals surface area (Å²) in [6.07, 6.45) is 12.3. The molecule has 0 N–H and O–H groups in total. The molecule has 0 bridgehead atoms. The zero-order valence-corrected chi connectivity index (χ0v) is 28.1. The third kappa shape index (κ3) is 5.91. The van der Waals surface area contributed by atoms with Gasteiger partial charge in [0, 0.05) is 34.6 Å². The van der Waals surface area contributed by atoms with E-state index in [4.69, 9.17) is 0 Å². The van der Waals surface area contributed by atoms with Crippen LogP contribution in [0, 0.1) is 0 Å². The first-order chi connectivity index (χ1) is 24.1. The summed E-state index contributed by atoms with van der Waals surface area (Å²) in [6, 6.07) is 56.8. The van der Waals surface area contributed by atoms with Crippen molar-refractivity contribution in [2.45, 2.75) is 31.6 Å². The zero-order chi connectivity index (χ0) is 33.2. The Kier molecular flexibility index (Phi) is 8.07. The Hall–Kier alpha value is -5.86. The van der Waals surface area contributed by atoms with Crippen LogP contribution in [0.1, 0.15) is 42.9 Å². The number of hydrogen-bond donors (Lipinski definition) is 0. The maximum absolute atomic E-state index is 2.41. The van der Waals surface area contributed by atoms with Crippen LogP contribution in [0.4, 0.5) is 28.4 Å². The second-order valence-electron chi connectivity index (χ2n) is 13.4. The predicted molar refractivity (Wildman–Crippen MR) is 207 cm³/mol. The number of fused-ring (bicyclic) bond motifs is 2. The van der Waals surface area contributed by atoms with Crippen LogP contribution in [0.25, 0.3) is 11.1 Å². The summed E-state index contributed by atoms with van der Waals surface area (Å²) in [7, 11) is 0. The Morgan fingerprint density at radius 2 is 1.20 bits per heavy atom. The maximum atomic E-state index is 2.41. The summed E-state index contributed by atoms with van der Waals surface area (Å²) < 4.78 is 0. The van der Waals surface area contributed by atoms with Gasteiger partial charge >= 0.3 is 0 Å². The van der Waals surface area contributed by atoms with Crippen LogP contribution in [-0.2, 0) is 5.41 Å². The van der Waals surface area contributed by atoms with Gasteiger partial charge in [0.15, 0.2) is 0 Å². The summed E-state index contributed by atoms with van der Waals surface area (Å²) in [5.41, 5.74) is 13.6. The minimum atomic E-state index is -0.127. The fraction of sp³-hybridized carbons (Fsp3) is 0.106. The number of anilines is 5. The molecule has 1 heterocycles. The smallest absolute Gasteiger partial charge is 0.0503 e. The molecule has 2 aliphatic rings. The third-order valence-corrected chi connectivity index (χ3v) is 10.0. The van der Waals surface area contributed by atoms with Crippen LogP contribution in [0.15, 0.2) is 194 Å². The molecular weight excluding hydrogens is 593 g/mol. The van der Waals surface area contributed by atoms with Crippen LogP contribution in [0.5, 0.6) is 0 Å². The normalized spacial score (nSPS) is 16.2. The molecule has 0 saturated heterocycles. The molecule has 6 aromatic carbocycles. The molecule has 1 aliphatic carbocycles. The Labute approximate surface area is 290 Å². The molecule has 0 radical (unpaired) electrons. The standard InChI is InChI=1S/C47H40N2/c1-47(2)43-20-12-13-21-45(43)49(42-18-10-5-11-19-42)46-31-30-39(34-44(46)47)38-28-26-37(27-29-38)36-24-22-35(23-25-36)32-33-48(40-14-6-3-7-15-40)41-16-8-4-9-17-41/h3-24,26-34,36H,25H2,1-2H3/b33-32+. The van der Waals surface area contributed by atoms with Crippen molar-refractivity contribution < 1.29 is 0 Å². The molecule has 0 aromatic heterocycles. The van der Waals surface area contributed by atoms with Crippen LogP contribution in [-0.4, -0.2) is 0 Å². The van der Waals surface area contributed by atoms with E-state index in [9.17, 15) is 0 Å². The minimum absolute atomic E-state index is 0.127. The molecule has 2 nitrogen and oxygen atoms in total. The van der Waals surface area contributed by atoms with Crippen LogP contribution >= 0.6 is 0 Å². The highest BCUT2D eigenvalue weighted by Crippen LogP contribution is 2.52. The Morgan fingerprint density at radius 1 is 0.612 bits per heavy atom. The monoisotopic (exact) mass is 632 g/mol. The highest BCUT2D eigenvalue weighted by atomic mass is 15.2. The quantitative estimate of drug-likeness (QED) is 0.173. The number of benzene rings is 6. The van der Waals surface area contributed by atoms with Gasteiger partial charge in [-0.15, -0.1) is 0 Å². The second-order valence-corrected chi connectivity index (χ2v) is 13.4. The first-order valence-corrected chi connectivity index (χ1v) is 17.2. The first-order valence-electron chi connectivity index (χ1n) is 17.2. The van der Waals surface area contributed by atoms with Crippen LogP contribution in [0.2, 0.25) is 0 Å². The summed E-state index contributed by atoms with van der Waals surface area (Å²) in [6.45, 7) is 4.71. The fourth-order valence-electron chi connectivity index (χ4n) is 7.33. The van der Waals surface area contributed by atoms with Gasteiger partial charge in [-0.1, -0.05) is 135 Å². The largest absolute Gasteiger partial charge is 0.317 e. The van der Waals surface area contributed by atoms with Gasteiger partial charge in [-0.2, -0.15) is 0 Å². The molecular formula is C47H40N2. The lowest BCUT2D eigenvalue weighted by atomic mass is 9.73. The molecule has 0 amide bonds. The minimum Gasteiger partial charge on any atom is -0.317 e. The van der Waals surface area contributed by atoms with Gasteiger partial charge in [0.05, 0.1) is 11.4 Å². The topological polar surface area (TPSA) is 6.48 Å². The molecule has 1 unspecified atom stereocenters. The zero-order valence-electron chi connectivity index (χ0n) is 28.1. The molecule has 1 aliphatic heterocycles. The van der Waals surface area contributed by atoms with Crippen molar-refractivity contribution in [3.8, 4) is 11.1 Å². The van der Waals surface area contributed by atoms with Gasteiger partial charge in [-0.05, 0) is 100 Å². The highest BCUT2D eigenvalue weighted by Gasteiger charge is 2.36. The predicted octanol–water partition coefficient (Wildman–Crippen LogP) is 12.8. The van der Waals surface area contributed by atoms with Gasteiger partial charge in [0.1, 0.15) is 0 Å². The highest BCUT2D eigenvalue weighted by molar-refractivity contribution is 5.87. The van der Waals surface area contributed by atoms with Gasteiger partial charge in [-0.25, -0.2) is 0 Å². The number of para-hydroxylation sites is 4. The van der Waals surface area contributed by atoms with Gasteiger partial charge in [0.25, 0.3) is 0 Å². The van der Waals surface area contributed by atoms with Crippen molar-refractivity contribution in [3.05, 3.63) is 210 Å². The van der Waals surface area contributed by atoms with Crippen molar-refractivity contribution in [1.82, 2.24) is 0 Å². The van der Waals surface area contributed by atoms with E-state index >= 15 is 0 Å². The van der Waals surface area contributed by atoms with Crippen molar-refractivity contribution >= 4 is 28.4 Å². The van der Waals surface area contributed by atoms with E-state index in [1.165, 1.54) is 50.5 Å². The van der Waals surface area contributed by atoms with E-state index in [0.717, 1.165) is 17.8 Å². The summed E-state index contributed by atoms with van der Waals surface area (Å²) >= 11 is 0. The molecule has 0 spiro atoms. The van der Waals surface area contributed by atoms with Crippen molar-refractivity contribution in [2.24, 2.45) is 0 Å². The Bertz CT molecular complexity index is 2120. The van der Waals surface area contributed by atoms with E-state index in [-0.39, 0.29) is 5.41 Å². The molecule has 0 saturated carbocycles. The first kappa shape index (κ1) is 30.5. The fourth-order valence-corrected chi connectivity index (χ4v) is 7.33. The van der Waals surface area contributed by atoms with Crippen LogP contribution < -0.4 is 9.80 Å². The van der Waals surface area contributed by atoms with Gasteiger partial charge in [0.2, 0.25) is 0 Å². The molecule has 8 rings (SSSR count). The molecule has 238 valence electrons. The third-order valence-electron chi connectivity index (χ3n) is 10.0. The number of rotatable bonds is 7. The summed E-state index contributed by atoms with van der Waals surface area (Å²) in [4.78, 5) is 4.65. The van der Waals surface area contributed by atoms with Crippen molar-refractivity contribution in [1.29, 1.82) is 0 Å². The van der Waals surface area contributed by atoms with E-state index in [0.29, 0.717) is 5.92 Å².